The Morgan fingerprint density at radius 2 is 1.91 bits per heavy atom. The summed E-state index contributed by atoms with van der Waals surface area (Å²) in [6.07, 6.45) is 2.82. The van der Waals surface area contributed by atoms with Crippen molar-refractivity contribution in [3.63, 3.8) is 0 Å². The molecule has 2 atom stereocenters. The van der Waals surface area contributed by atoms with Crippen LogP contribution in [0.4, 0.5) is 21.7 Å². The lowest BCUT2D eigenvalue weighted by atomic mass is 10.2. The van der Waals surface area contributed by atoms with Crippen LogP contribution in [0.25, 0.3) is 5.69 Å². The van der Waals surface area contributed by atoms with Crippen LogP contribution in [0, 0.1) is 5.82 Å². The average Bonchev–Trinajstić information content (AvgIpc) is 2.78. The molecule has 7 nitrogen and oxygen atoms in total. The van der Waals surface area contributed by atoms with E-state index in [2.05, 4.69) is 15.0 Å². The molecule has 0 spiro atoms. The van der Waals surface area contributed by atoms with Gasteiger partial charge in [-0.3, -0.25) is 0 Å². The van der Waals surface area contributed by atoms with E-state index in [-0.39, 0.29) is 18.0 Å². The Bertz CT molecular complexity index is 678. The smallest absolute Gasteiger partial charge is 0.185 e. The number of hydrogen-bond acceptors (Lipinski definition) is 6. The molecule has 1 aliphatic heterocycles. The van der Waals surface area contributed by atoms with Crippen molar-refractivity contribution in [2.45, 2.75) is 26.1 Å². The molecule has 2 aromatic rings. The Morgan fingerprint density at radius 3 is 2.50 bits per heavy atom. The number of morpholine rings is 1. The van der Waals surface area contributed by atoms with Crippen molar-refractivity contribution in [1.82, 2.24) is 14.8 Å². The van der Waals surface area contributed by atoms with Gasteiger partial charge in [-0.1, -0.05) is 0 Å². The summed E-state index contributed by atoms with van der Waals surface area (Å²) in [7, 11) is 0. The van der Waals surface area contributed by atoms with Gasteiger partial charge in [0.15, 0.2) is 11.6 Å². The Morgan fingerprint density at radius 1 is 1.23 bits per heavy atom. The first-order valence-corrected chi connectivity index (χ1v) is 7.11. The van der Waals surface area contributed by atoms with Crippen molar-refractivity contribution < 1.29 is 9.13 Å². The molecule has 0 bridgehead atoms. The quantitative estimate of drug-likeness (QED) is 0.865. The van der Waals surface area contributed by atoms with Crippen LogP contribution in [-0.2, 0) is 4.74 Å². The second kappa shape index (κ2) is 5.45. The van der Waals surface area contributed by atoms with Crippen LogP contribution in [-0.4, -0.2) is 40.1 Å². The molecular formula is C14H19FN6O. The predicted octanol–water partition coefficient (Wildman–Crippen LogP) is 1.18. The number of hydrogen-bond donors (Lipinski definition) is 2. The monoisotopic (exact) mass is 306 g/mol. The third-order valence-corrected chi connectivity index (χ3v) is 3.63. The van der Waals surface area contributed by atoms with Crippen LogP contribution in [0.15, 0.2) is 18.5 Å². The third-order valence-electron chi connectivity index (χ3n) is 3.63. The molecule has 1 saturated heterocycles. The van der Waals surface area contributed by atoms with Crippen LogP contribution >= 0.6 is 0 Å². The van der Waals surface area contributed by atoms with E-state index in [0.717, 1.165) is 25.1 Å². The Balaban J connectivity index is 1.98. The maximum atomic E-state index is 13.4. The molecule has 1 aliphatic rings. The van der Waals surface area contributed by atoms with Crippen LogP contribution in [0.5, 0.6) is 0 Å². The molecule has 0 saturated carbocycles. The highest BCUT2D eigenvalue weighted by molar-refractivity contribution is 5.63. The van der Waals surface area contributed by atoms with Crippen molar-refractivity contribution in [2.24, 2.45) is 0 Å². The number of nitrogens with zero attached hydrogens (tertiary/aromatic N) is 4. The second-order valence-corrected chi connectivity index (χ2v) is 5.55. The van der Waals surface area contributed by atoms with Gasteiger partial charge in [0, 0.05) is 19.2 Å². The highest BCUT2D eigenvalue weighted by Crippen LogP contribution is 2.26. The lowest BCUT2D eigenvalue weighted by molar-refractivity contribution is -0.00545. The Kier molecular flexibility index (Phi) is 3.61. The number of halogens is 1. The maximum absolute atomic E-state index is 13.4. The van der Waals surface area contributed by atoms with Crippen LogP contribution in [0.2, 0.25) is 0 Å². The molecule has 2 aromatic heterocycles. The molecule has 0 radical (unpaired) electrons. The van der Waals surface area contributed by atoms with E-state index in [0.29, 0.717) is 11.4 Å². The van der Waals surface area contributed by atoms with Crippen molar-refractivity contribution in [2.75, 3.05) is 29.5 Å². The molecular weight excluding hydrogens is 287 g/mol. The van der Waals surface area contributed by atoms with Crippen molar-refractivity contribution in [3.05, 3.63) is 24.3 Å². The fraction of sp³-hybridized carbons (Fsp3) is 0.429. The van der Waals surface area contributed by atoms with Gasteiger partial charge in [-0.2, -0.15) is 5.10 Å². The van der Waals surface area contributed by atoms with E-state index < -0.39 is 5.82 Å². The first-order chi connectivity index (χ1) is 10.5. The molecule has 118 valence electrons. The molecule has 0 aliphatic carbocycles. The van der Waals surface area contributed by atoms with Gasteiger partial charge in [0.1, 0.15) is 5.82 Å². The van der Waals surface area contributed by atoms with Crippen LogP contribution in [0.1, 0.15) is 13.8 Å². The van der Waals surface area contributed by atoms with E-state index in [4.69, 9.17) is 16.2 Å². The first-order valence-electron chi connectivity index (χ1n) is 7.11. The Labute approximate surface area is 127 Å². The van der Waals surface area contributed by atoms with Crippen LogP contribution < -0.4 is 16.4 Å². The molecule has 0 amide bonds. The lowest BCUT2D eigenvalue weighted by Crippen LogP contribution is -2.45. The predicted molar refractivity (Wildman–Crippen MR) is 82.4 cm³/mol. The minimum atomic E-state index is -0.577. The van der Waals surface area contributed by atoms with Gasteiger partial charge in [-0.15, -0.1) is 0 Å². The highest BCUT2D eigenvalue weighted by atomic mass is 19.1. The van der Waals surface area contributed by atoms with E-state index in [1.54, 1.807) is 6.07 Å². The van der Waals surface area contributed by atoms with Gasteiger partial charge in [0.25, 0.3) is 0 Å². The van der Waals surface area contributed by atoms with E-state index in [9.17, 15) is 4.39 Å². The molecule has 22 heavy (non-hydrogen) atoms. The summed E-state index contributed by atoms with van der Waals surface area (Å²) in [6.45, 7) is 5.48. The number of pyridine rings is 1. The van der Waals surface area contributed by atoms with Crippen molar-refractivity contribution in [3.8, 4) is 5.69 Å². The van der Waals surface area contributed by atoms with Crippen LogP contribution in [0.3, 0.4) is 0 Å². The number of aromatic nitrogens is 3. The molecule has 1 fully saturated rings. The summed E-state index contributed by atoms with van der Waals surface area (Å²) in [4.78, 5) is 6.47. The van der Waals surface area contributed by atoms with Gasteiger partial charge in [-0.05, 0) is 13.8 Å². The second-order valence-electron chi connectivity index (χ2n) is 5.55. The van der Waals surface area contributed by atoms with Crippen molar-refractivity contribution in [1.29, 1.82) is 0 Å². The summed E-state index contributed by atoms with van der Waals surface area (Å²) >= 11 is 0. The van der Waals surface area contributed by atoms with Gasteiger partial charge >= 0.3 is 0 Å². The van der Waals surface area contributed by atoms with Gasteiger partial charge in [-0.25, -0.2) is 14.1 Å². The molecule has 0 aromatic carbocycles. The third kappa shape index (κ3) is 2.57. The Hall–Kier alpha value is -2.35. The molecule has 4 N–H and O–H groups in total. The molecule has 3 rings (SSSR count). The number of ether oxygens (including phenoxy) is 1. The summed E-state index contributed by atoms with van der Waals surface area (Å²) < 4.78 is 20.4. The summed E-state index contributed by atoms with van der Waals surface area (Å²) in [5.74, 6) is 0.0838. The standard InChI is InChI=1S/C14H19FN6O/c1-8-6-20(7-9(2)22-8)13-3-12(11(16)5-18-13)21-14(17)10(15)4-19-21/h3-5,8-9H,6-7,16-17H2,1-2H3/t8-,9-/m0/s1. The van der Waals surface area contributed by atoms with E-state index in [1.807, 2.05) is 13.8 Å². The minimum Gasteiger partial charge on any atom is -0.396 e. The number of nitrogens with two attached hydrogens (primary N) is 2. The molecule has 3 heterocycles. The zero-order valence-electron chi connectivity index (χ0n) is 12.5. The normalized spacial score (nSPS) is 22.0. The highest BCUT2D eigenvalue weighted by Gasteiger charge is 2.24. The first kappa shape index (κ1) is 14.6. The van der Waals surface area contributed by atoms with E-state index in [1.165, 1.54) is 10.9 Å². The number of nitrogen functional groups attached to an aromatic ring is 2. The summed E-state index contributed by atoms with van der Waals surface area (Å²) in [5, 5.41) is 3.93. The topological polar surface area (TPSA) is 95.2 Å². The van der Waals surface area contributed by atoms with Gasteiger partial charge in [0.05, 0.1) is 36.0 Å². The fourth-order valence-electron chi connectivity index (χ4n) is 2.70. The van der Waals surface area contributed by atoms with Gasteiger partial charge in [0.2, 0.25) is 0 Å². The lowest BCUT2D eigenvalue weighted by Gasteiger charge is -2.36. The van der Waals surface area contributed by atoms with E-state index >= 15 is 0 Å². The largest absolute Gasteiger partial charge is 0.396 e. The minimum absolute atomic E-state index is 0.0763. The maximum Gasteiger partial charge on any atom is 0.185 e. The summed E-state index contributed by atoms with van der Waals surface area (Å²) in [6, 6.07) is 1.77. The zero-order valence-corrected chi connectivity index (χ0v) is 12.5. The zero-order chi connectivity index (χ0) is 15.9. The SMILES string of the molecule is C[C@H]1CN(c2cc(-n3ncc(F)c3N)c(N)cn2)C[C@H](C)O1. The number of rotatable bonds is 2. The van der Waals surface area contributed by atoms with Gasteiger partial charge < -0.3 is 21.1 Å². The molecule has 8 heteroatoms. The average molecular weight is 306 g/mol. The van der Waals surface area contributed by atoms with Crippen molar-refractivity contribution >= 4 is 17.3 Å². The number of anilines is 3. The summed E-state index contributed by atoms with van der Waals surface area (Å²) in [5.41, 5.74) is 12.5. The molecule has 0 unspecified atom stereocenters. The fourth-order valence-corrected chi connectivity index (χ4v) is 2.70.